The fourth-order valence-corrected chi connectivity index (χ4v) is 3.61. The molecule has 4 heteroatoms. The molecule has 0 aliphatic carbocycles. The normalized spacial score (nSPS) is 19.1. The zero-order valence-electron chi connectivity index (χ0n) is 15.7. The SMILES string of the molecule is CCC(N)(CC)C1COC(Cc2ccccc2)(Cc2ccccc2)O1.Cl. The molecule has 142 valence electrons. The number of halogens is 1. The van der Waals surface area contributed by atoms with Gasteiger partial charge in [-0.2, -0.15) is 0 Å². The van der Waals surface area contributed by atoms with Gasteiger partial charge in [-0.15, -0.1) is 12.4 Å². The first kappa shape index (κ1) is 20.9. The molecule has 3 rings (SSSR count). The van der Waals surface area contributed by atoms with Crippen LogP contribution in [0.5, 0.6) is 0 Å². The van der Waals surface area contributed by atoms with Gasteiger partial charge in [-0.1, -0.05) is 74.5 Å². The van der Waals surface area contributed by atoms with Crippen LogP contribution in [0, 0.1) is 0 Å². The van der Waals surface area contributed by atoms with E-state index in [9.17, 15) is 0 Å². The van der Waals surface area contributed by atoms with Gasteiger partial charge in [0.25, 0.3) is 0 Å². The van der Waals surface area contributed by atoms with Gasteiger partial charge in [0.15, 0.2) is 5.79 Å². The summed E-state index contributed by atoms with van der Waals surface area (Å²) < 4.78 is 12.9. The number of benzene rings is 2. The second-order valence-electron chi connectivity index (χ2n) is 7.09. The summed E-state index contributed by atoms with van der Waals surface area (Å²) in [5, 5.41) is 0. The van der Waals surface area contributed by atoms with Crippen molar-refractivity contribution >= 4 is 12.4 Å². The Labute approximate surface area is 163 Å². The molecule has 2 aromatic carbocycles. The number of hydrogen-bond donors (Lipinski definition) is 1. The summed E-state index contributed by atoms with van der Waals surface area (Å²) >= 11 is 0. The molecule has 0 amide bonds. The van der Waals surface area contributed by atoms with Crippen LogP contribution < -0.4 is 5.73 Å². The Bertz CT molecular complexity index is 617. The first-order chi connectivity index (χ1) is 12.1. The van der Waals surface area contributed by atoms with Crippen LogP contribution in [-0.4, -0.2) is 24.0 Å². The molecule has 1 heterocycles. The molecule has 2 N–H and O–H groups in total. The molecule has 0 aromatic heterocycles. The summed E-state index contributed by atoms with van der Waals surface area (Å²) in [5.41, 5.74) is 8.70. The minimum absolute atomic E-state index is 0. The number of ether oxygens (including phenoxy) is 2. The standard InChI is InChI=1S/C22H29NO2.ClH/c1-3-21(23,4-2)20-17-24-22(25-20,15-18-11-7-5-8-12-18)16-19-13-9-6-10-14-19;/h5-14,20H,3-4,15-17,23H2,1-2H3;1H. The summed E-state index contributed by atoms with van der Waals surface area (Å²) in [7, 11) is 0. The highest BCUT2D eigenvalue weighted by molar-refractivity contribution is 5.85. The van der Waals surface area contributed by atoms with Gasteiger partial charge in [-0.25, -0.2) is 0 Å². The van der Waals surface area contributed by atoms with E-state index in [1.54, 1.807) is 0 Å². The molecule has 1 aliphatic rings. The average Bonchev–Trinajstić information content (AvgIpc) is 3.07. The van der Waals surface area contributed by atoms with Crippen molar-refractivity contribution in [2.45, 2.75) is 57.0 Å². The van der Waals surface area contributed by atoms with Crippen LogP contribution in [0.25, 0.3) is 0 Å². The predicted molar refractivity (Wildman–Crippen MR) is 109 cm³/mol. The largest absolute Gasteiger partial charge is 0.346 e. The molecule has 0 spiro atoms. The Balaban J connectivity index is 0.00000243. The van der Waals surface area contributed by atoms with Gasteiger partial charge in [0.05, 0.1) is 6.61 Å². The van der Waals surface area contributed by atoms with Crippen molar-refractivity contribution < 1.29 is 9.47 Å². The fourth-order valence-electron chi connectivity index (χ4n) is 3.61. The van der Waals surface area contributed by atoms with Crippen molar-refractivity contribution in [3.8, 4) is 0 Å². The summed E-state index contributed by atoms with van der Waals surface area (Å²) in [5.74, 6) is -0.650. The van der Waals surface area contributed by atoms with E-state index >= 15 is 0 Å². The van der Waals surface area contributed by atoms with Gasteiger partial charge < -0.3 is 15.2 Å². The van der Waals surface area contributed by atoms with Crippen LogP contribution in [0.4, 0.5) is 0 Å². The topological polar surface area (TPSA) is 44.5 Å². The minimum Gasteiger partial charge on any atom is -0.346 e. The van der Waals surface area contributed by atoms with E-state index < -0.39 is 5.79 Å². The average molecular weight is 376 g/mol. The summed E-state index contributed by atoms with van der Waals surface area (Å²) in [6.45, 7) is 4.81. The van der Waals surface area contributed by atoms with Crippen LogP contribution >= 0.6 is 12.4 Å². The quantitative estimate of drug-likeness (QED) is 0.773. The van der Waals surface area contributed by atoms with Crippen LogP contribution in [0.3, 0.4) is 0 Å². The predicted octanol–water partition coefficient (Wildman–Crippen LogP) is 4.52. The van der Waals surface area contributed by atoms with Crippen LogP contribution in [-0.2, 0) is 22.3 Å². The first-order valence-corrected chi connectivity index (χ1v) is 9.28. The Kier molecular flexibility index (Phi) is 7.24. The molecule has 0 saturated carbocycles. The van der Waals surface area contributed by atoms with E-state index in [0.717, 1.165) is 25.7 Å². The molecule has 1 fully saturated rings. The van der Waals surface area contributed by atoms with E-state index in [2.05, 4.69) is 62.4 Å². The molecule has 26 heavy (non-hydrogen) atoms. The first-order valence-electron chi connectivity index (χ1n) is 9.28. The summed E-state index contributed by atoms with van der Waals surface area (Å²) in [6, 6.07) is 20.8. The van der Waals surface area contributed by atoms with E-state index in [1.807, 2.05) is 12.1 Å². The van der Waals surface area contributed by atoms with Crippen molar-refractivity contribution in [2.75, 3.05) is 6.61 Å². The highest BCUT2D eigenvalue weighted by Gasteiger charge is 2.47. The van der Waals surface area contributed by atoms with Gasteiger partial charge in [-0.05, 0) is 24.0 Å². The molecular weight excluding hydrogens is 346 g/mol. The summed E-state index contributed by atoms with van der Waals surface area (Å²) in [6.07, 6.45) is 3.13. The van der Waals surface area contributed by atoms with E-state index in [-0.39, 0.29) is 24.0 Å². The second-order valence-corrected chi connectivity index (χ2v) is 7.09. The van der Waals surface area contributed by atoms with Gasteiger partial charge in [0.2, 0.25) is 0 Å². The number of rotatable bonds is 7. The Morgan fingerprint density at radius 1 is 0.923 bits per heavy atom. The monoisotopic (exact) mass is 375 g/mol. The second kappa shape index (κ2) is 9.01. The maximum absolute atomic E-state index is 6.60. The van der Waals surface area contributed by atoms with Gasteiger partial charge >= 0.3 is 0 Å². The van der Waals surface area contributed by atoms with Crippen LogP contribution in [0.2, 0.25) is 0 Å². The molecule has 1 unspecified atom stereocenters. The lowest BCUT2D eigenvalue weighted by molar-refractivity contribution is -0.173. The zero-order chi connectivity index (χ0) is 17.8. The highest BCUT2D eigenvalue weighted by Crippen LogP contribution is 2.36. The molecule has 3 nitrogen and oxygen atoms in total. The van der Waals surface area contributed by atoms with E-state index in [4.69, 9.17) is 15.2 Å². The third kappa shape index (κ3) is 4.66. The summed E-state index contributed by atoms with van der Waals surface area (Å²) in [4.78, 5) is 0. The molecule has 1 atom stereocenters. The van der Waals surface area contributed by atoms with E-state index in [0.29, 0.717) is 6.61 Å². The molecule has 1 saturated heterocycles. The number of hydrogen-bond acceptors (Lipinski definition) is 3. The zero-order valence-corrected chi connectivity index (χ0v) is 16.5. The maximum Gasteiger partial charge on any atom is 0.176 e. The van der Waals surface area contributed by atoms with Crippen molar-refractivity contribution in [3.05, 3.63) is 71.8 Å². The fraction of sp³-hybridized carbons (Fsp3) is 0.455. The van der Waals surface area contributed by atoms with Gasteiger partial charge in [0.1, 0.15) is 6.10 Å². The van der Waals surface area contributed by atoms with Crippen molar-refractivity contribution in [3.63, 3.8) is 0 Å². The third-order valence-electron chi connectivity index (χ3n) is 5.45. The molecule has 0 radical (unpaired) electrons. The maximum atomic E-state index is 6.60. The Morgan fingerprint density at radius 3 is 1.81 bits per heavy atom. The van der Waals surface area contributed by atoms with Crippen LogP contribution in [0.1, 0.15) is 37.8 Å². The highest BCUT2D eigenvalue weighted by atomic mass is 35.5. The minimum atomic E-state index is -0.650. The smallest absolute Gasteiger partial charge is 0.176 e. The number of nitrogens with two attached hydrogens (primary N) is 1. The van der Waals surface area contributed by atoms with Crippen molar-refractivity contribution in [1.29, 1.82) is 0 Å². The lowest BCUT2D eigenvalue weighted by Crippen LogP contribution is -2.52. The Hall–Kier alpha value is -1.39. The molecule has 0 bridgehead atoms. The lowest BCUT2D eigenvalue weighted by atomic mass is 9.88. The lowest BCUT2D eigenvalue weighted by Gasteiger charge is -2.35. The van der Waals surface area contributed by atoms with Crippen molar-refractivity contribution in [1.82, 2.24) is 0 Å². The molecule has 1 aliphatic heterocycles. The van der Waals surface area contributed by atoms with Gasteiger partial charge in [-0.3, -0.25) is 0 Å². The third-order valence-corrected chi connectivity index (χ3v) is 5.45. The van der Waals surface area contributed by atoms with Gasteiger partial charge in [0, 0.05) is 18.4 Å². The van der Waals surface area contributed by atoms with Crippen LogP contribution in [0.15, 0.2) is 60.7 Å². The van der Waals surface area contributed by atoms with Crippen molar-refractivity contribution in [2.24, 2.45) is 5.73 Å². The molecular formula is C22H30ClNO2. The van der Waals surface area contributed by atoms with E-state index in [1.165, 1.54) is 11.1 Å². The Morgan fingerprint density at radius 2 is 1.38 bits per heavy atom. The molecule has 2 aromatic rings.